The maximum absolute atomic E-state index is 12.4. The van der Waals surface area contributed by atoms with Crippen molar-refractivity contribution < 1.29 is 9.53 Å². The molecule has 23 heavy (non-hydrogen) atoms. The first kappa shape index (κ1) is 16.1. The molecule has 2 amide bonds. The number of urea groups is 1. The Labute approximate surface area is 138 Å². The van der Waals surface area contributed by atoms with E-state index in [1.54, 1.807) is 7.11 Å². The average molecular weight is 317 g/mol. The van der Waals surface area contributed by atoms with Gasteiger partial charge in [0, 0.05) is 19.1 Å². The summed E-state index contributed by atoms with van der Waals surface area (Å²) >= 11 is 0. The lowest BCUT2D eigenvalue weighted by Gasteiger charge is -2.39. The highest BCUT2D eigenvalue weighted by atomic mass is 16.5. The molecule has 2 fully saturated rings. The molecule has 1 heterocycles. The zero-order valence-corrected chi connectivity index (χ0v) is 14.3. The third kappa shape index (κ3) is 3.44. The molecule has 0 radical (unpaired) electrons. The van der Waals surface area contributed by atoms with Crippen LogP contribution in [0.15, 0.2) is 24.3 Å². The fourth-order valence-electron chi connectivity index (χ4n) is 3.82. The third-order valence-electron chi connectivity index (χ3n) is 5.33. The van der Waals surface area contributed by atoms with Gasteiger partial charge in [0.05, 0.1) is 12.6 Å². The summed E-state index contributed by atoms with van der Waals surface area (Å²) in [4.78, 5) is 16.6. The Bertz CT molecular complexity index is 548. The normalized spacial score (nSPS) is 27.6. The van der Waals surface area contributed by atoms with E-state index in [2.05, 4.69) is 24.3 Å². The SMILES string of the molecule is COc1ccc(CN2CC3(CCC(N(C)C)CC3)NC2=O)cc1. The summed E-state index contributed by atoms with van der Waals surface area (Å²) in [6.07, 6.45) is 4.45. The minimum atomic E-state index is -0.0178. The van der Waals surface area contributed by atoms with Crippen LogP contribution in [0.2, 0.25) is 0 Å². The number of amides is 2. The van der Waals surface area contributed by atoms with E-state index in [0.29, 0.717) is 12.6 Å². The number of carbonyl (C=O) groups is 1. The zero-order chi connectivity index (χ0) is 16.4. The highest BCUT2D eigenvalue weighted by Crippen LogP contribution is 2.34. The van der Waals surface area contributed by atoms with Crippen LogP contribution in [0.1, 0.15) is 31.2 Å². The zero-order valence-electron chi connectivity index (χ0n) is 14.3. The monoisotopic (exact) mass is 317 g/mol. The molecule has 1 aromatic carbocycles. The van der Waals surface area contributed by atoms with E-state index in [9.17, 15) is 4.79 Å². The summed E-state index contributed by atoms with van der Waals surface area (Å²) < 4.78 is 5.18. The van der Waals surface area contributed by atoms with E-state index in [0.717, 1.165) is 43.5 Å². The van der Waals surface area contributed by atoms with Gasteiger partial charge in [0.1, 0.15) is 5.75 Å². The lowest BCUT2D eigenvalue weighted by atomic mass is 9.79. The van der Waals surface area contributed by atoms with Gasteiger partial charge in [0.15, 0.2) is 0 Å². The Morgan fingerprint density at radius 3 is 2.48 bits per heavy atom. The van der Waals surface area contributed by atoms with E-state index in [-0.39, 0.29) is 11.6 Å². The molecule has 5 nitrogen and oxygen atoms in total. The van der Waals surface area contributed by atoms with E-state index >= 15 is 0 Å². The number of hydrogen-bond donors (Lipinski definition) is 1. The molecule has 1 N–H and O–H groups in total. The van der Waals surface area contributed by atoms with Crippen molar-refractivity contribution in [3.63, 3.8) is 0 Å². The average Bonchev–Trinajstić information content (AvgIpc) is 2.84. The van der Waals surface area contributed by atoms with Gasteiger partial charge in [-0.15, -0.1) is 0 Å². The number of carbonyl (C=O) groups excluding carboxylic acids is 1. The smallest absolute Gasteiger partial charge is 0.318 e. The standard InChI is InChI=1S/C18H27N3O2/c1-20(2)15-8-10-18(11-9-15)13-21(17(22)19-18)12-14-4-6-16(23-3)7-5-14/h4-7,15H,8-13H2,1-3H3,(H,19,22). The van der Waals surface area contributed by atoms with Crippen molar-refractivity contribution in [3.05, 3.63) is 29.8 Å². The molecule has 1 aliphatic carbocycles. The predicted molar refractivity (Wildman–Crippen MR) is 90.6 cm³/mol. The number of benzene rings is 1. The number of methoxy groups -OCH3 is 1. The van der Waals surface area contributed by atoms with Crippen LogP contribution in [0.5, 0.6) is 5.75 Å². The maximum atomic E-state index is 12.4. The lowest BCUT2D eigenvalue weighted by Crippen LogP contribution is -2.49. The molecule has 0 atom stereocenters. The van der Waals surface area contributed by atoms with E-state index in [1.165, 1.54) is 0 Å². The van der Waals surface area contributed by atoms with Gasteiger partial charge < -0.3 is 19.9 Å². The second-order valence-corrected chi connectivity index (χ2v) is 7.11. The van der Waals surface area contributed by atoms with Crippen LogP contribution in [0.3, 0.4) is 0 Å². The van der Waals surface area contributed by atoms with Gasteiger partial charge in [0.2, 0.25) is 0 Å². The summed E-state index contributed by atoms with van der Waals surface area (Å²) in [6, 6.07) is 8.67. The van der Waals surface area contributed by atoms with Crippen LogP contribution in [-0.4, -0.2) is 55.2 Å². The van der Waals surface area contributed by atoms with Gasteiger partial charge >= 0.3 is 6.03 Å². The molecule has 0 unspecified atom stereocenters. The fraction of sp³-hybridized carbons (Fsp3) is 0.611. The first-order valence-electron chi connectivity index (χ1n) is 8.38. The van der Waals surface area contributed by atoms with Gasteiger partial charge in [-0.2, -0.15) is 0 Å². The number of rotatable bonds is 4. The topological polar surface area (TPSA) is 44.8 Å². The van der Waals surface area contributed by atoms with Crippen molar-refractivity contribution in [2.75, 3.05) is 27.7 Å². The van der Waals surface area contributed by atoms with Crippen LogP contribution in [0.25, 0.3) is 0 Å². The second-order valence-electron chi connectivity index (χ2n) is 7.11. The van der Waals surface area contributed by atoms with Crippen molar-refractivity contribution >= 4 is 6.03 Å². The molecule has 3 rings (SSSR count). The van der Waals surface area contributed by atoms with Crippen LogP contribution < -0.4 is 10.1 Å². The molecule has 1 saturated carbocycles. The molecule has 1 aromatic rings. The van der Waals surface area contributed by atoms with Crippen LogP contribution in [0, 0.1) is 0 Å². The fourth-order valence-corrected chi connectivity index (χ4v) is 3.82. The van der Waals surface area contributed by atoms with Crippen LogP contribution in [-0.2, 0) is 6.54 Å². The summed E-state index contributed by atoms with van der Waals surface area (Å²) in [6.45, 7) is 1.48. The Morgan fingerprint density at radius 1 is 1.26 bits per heavy atom. The van der Waals surface area contributed by atoms with Crippen molar-refractivity contribution in [1.82, 2.24) is 15.1 Å². The Morgan fingerprint density at radius 2 is 1.91 bits per heavy atom. The predicted octanol–water partition coefficient (Wildman–Crippen LogP) is 2.46. The maximum Gasteiger partial charge on any atom is 0.318 e. The minimum Gasteiger partial charge on any atom is -0.497 e. The minimum absolute atomic E-state index is 0.0178. The highest BCUT2D eigenvalue weighted by Gasteiger charge is 2.44. The molecule has 1 spiro atoms. The molecular weight excluding hydrogens is 290 g/mol. The van der Waals surface area contributed by atoms with Crippen molar-refractivity contribution in [3.8, 4) is 5.75 Å². The Balaban J connectivity index is 1.61. The highest BCUT2D eigenvalue weighted by molar-refractivity contribution is 5.78. The first-order valence-corrected chi connectivity index (χ1v) is 8.38. The lowest BCUT2D eigenvalue weighted by molar-refractivity contribution is 0.160. The van der Waals surface area contributed by atoms with E-state index in [4.69, 9.17) is 4.74 Å². The number of ether oxygens (including phenoxy) is 1. The molecule has 126 valence electrons. The van der Waals surface area contributed by atoms with Crippen LogP contribution >= 0.6 is 0 Å². The summed E-state index contributed by atoms with van der Waals surface area (Å²) in [5, 5.41) is 3.27. The van der Waals surface area contributed by atoms with Gasteiger partial charge in [-0.1, -0.05) is 12.1 Å². The van der Waals surface area contributed by atoms with Crippen molar-refractivity contribution in [2.45, 2.75) is 43.8 Å². The molecule has 1 aliphatic heterocycles. The van der Waals surface area contributed by atoms with E-state index < -0.39 is 0 Å². The summed E-state index contributed by atoms with van der Waals surface area (Å²) in [7, 11) is 5.95. The van der Waals surface area contributed by atoms with Crippen molar-refractivity contribution in [1.29, 1.82) is 0 Å². The third-order valence-corrected chi connectivity index (χ3v) is 5.33. The summed E-state index contributed by atoms with van der Waals surface area (Å²) in [5.74, 6) is 0.845. The largest absolute Gasteiger partial charge is 0.497 e. The van der Waals surface area contributed by atoms with Crippen LogP contribution in [0.4, 0.5) is 4.79 Å². The van der Waals surface area contributed by atoms with Gasteiger partial charge in [-0.25, -0.2) is 4.79 Å². The van der Waals surface area contributed by atoms with Gasteiger partial charge in [-0.05, 0) is 57.5 Å². The molecule has 0 aromatic heterocycles. The molecule has 5 heteroatoms. The molecule has 1 saturated heterocycles. The molecule has 0 bridgehead atoms. The Hall–Kier alpha value is -1.75. The van der Waals surface area contributed by atoms with E-state index in [1.807, 2.05) is 29.2 Å². The van der Waals surface area contributed by atoms with Gasteiger partial charge in [-0.3, -0.25) is 0 Å². The quantitative estimate of drug-likeness (QED) is 0.928. The number of hydrogen-bond acceptors (Lipinski definition) is 3. The number of nitrogens with one attached hydrogen (secondary N) is 1. The van der Waals surface area contributed by atoms with Gasteiger partial charge in [0.25, 0.3) is 0 Å². The number of nitrogens with zero attached hydrogens (tertiary/aromatic N) is 2. The Kier molecular flexibility index (Phi) is 4.48. The summed E-state index contributed by atoms with van der Waals surface area (Å²) in [5.41, 5.74) is 1.12. The molecule has 2 aliphatic rings. The van der Waals surface area contributed by atoms with Crippen molar-refractivity contribution in [2.24, 2.45) is 0 Å². The first-order chi connectivity index (χ1) is 11.0. The second kappa shape index (κ2) is 6.40. The molecular formula is C18H27N3O2.